The SMILES string of the molecule is COc1ccc(NC(=O)CSC2=NNC3C(=O)N(c4ccccc4)C=CN23)cc1. The number of hydrogen-bond acceptors (Lipinski definition) is 7. The predicted molar refractivity (Wildman–Crippen MR) is 113 cm³/mol. The molecule has 0 saturated carbocycles. The number of carbonyl (C=O) groups is 2. The Bertz CT molecular complexity index is 962. The van der Waals surface area contributed by atoms with Crippen LogP contribution in [0.4, 0.5) is 11.4 Å². The first kappa shape index (κ1) is 18.9. The largest absolute Gasteiger partial charge is 0.497 e. The number of nitrogens with one attached hydrogen (secondary N) is 2. The van der Waals surface area contributed by atoms with Gasteiger partial charge in [-0.05, 0) is 36.4 Å². The number of nitrogens with zero attached hydrogens (tertiary/aromatic N) is 3. The molecule has 0 radical (unpaired) electrons. The fourth-order valence-electron chi connectivity index (χ4n) is 2.92. The van der Waals surface area contributed by atoms with Gasteiger partial charge in [-0.3, -0.25) is 24.8 Å². The molecule has 2 heterocycles. The number of para-hydroxylation sites is 1. The normalized spacial score (nSPS) is 17.5. The molecule has 2 amide bonds. The lowest BCUT2D eigenvalue weighted by Gasteiger charge is -2.31. The lowest BCUT2D eigenvalue weighted by molar-refractivity contribution is -0.122. The van der Waals surface area contributed by atoms with Gasteiger partial charge < -0.3 is 10.1 Å². The number of thioether (sulfide) groups is 1. The molecule has 0 fully saturated rings. The second-order valence-electron chi connectivity index (χ2n) is 6.24. The average molecular weight is 409 g/mol. The van der Waals surface area contributed by atoms with Crippen LogP contribution in [0.2, 0.25) is 0 Å². The van der Waals surface area contributed by atoms with E-state index >= 15 is 0 Å². The van der Waals surface area contributed by atoms with E-state index in [-0.39, 0.29) is 17.6 Å². The minimum absolute atomic E-state index is 0.138. The summed E-state index contributed by atoms with van der Waals surface area (Å²) in [5.41, 5.74) is 4.32. The van der Waals surface area contributed by atoms with Crippen LogP contribution in [0.15, 0.2) is 72.1 Å². The number of hydrogen-bond donors (Lipinski definition) is 2. The third-order valence-corrected chi connectivity index (χ3v) is 5.34. The summed E-state index contributed by atoms with van der Waals surface area (Å²) in [6.07, 6.45) is 2.87. The molecular formula is C20H19N5O3S. The number of fused-ring (bicyclic) bond motifs is 1. The molecule has 0 aromatic heterocycles. The standard InChI is InChI=1S/C20H19N5O3S/c1-28-16-9-7-14(8-10-16)21-17(26)13-29-20-23-22-18-19(27)24(11-12-25(18)20)15-5-3-2-4-6-15/h2-12,18,22H,13H2,1H3,(H,21,26). The Labute approximate surface area is 172 Å². The quantitative estimate of drug-likeness (QED) is 0.789. The van der Waals surface area contributed by atoms with E-state index in [0.29, 0.717) is 10.9 Å². The number of benzene rings is 2. The van der Waals surface area contributed by atoms with Gasteiger partial charge in [0, 0.05) is 23.8 Å². The van der Waals surface area contributed by atoms with Gasteiger partial charge in [0.1, 0.15) is 5.75 Å². The number of anilines is 2. The number of methoxy groups -OCH3 is 1. The summed E-state index contributed by atoms with van der Waals surface area (Å²) in [5.74, 6) is 0.589. The molecule has 2 N–H and O–H groups in total. The highest BCUT2D eigenvalue weighted by Gasteiger charge is 2.38. The van der Waals surface area contributed by atoms with Crippen LogP contribution in [-0.2, 0) is 9.59 Å². The van der Waals surface area contributed by atoms with Gasteiger partial charge in [0.25, 0.3) is 5.91 Å². The molecule has 9 heteroatoms. The minimum atomic E-state index is -0.618. The Morgan fingerprint density at radius 1 is 1.17 bits per heavy atom. The Morgan fingerprint density at radius 3 is 2.66 bits per heavy atom. The van der Waals surface area contributed by atoms with Crippen molar-refractivity contribution in [1.82, 2.24) is 10.3 Å². The number of rotatable bonds is 5. The Hall–Kier alpha value is -3.46. The van der Waals surface area contributed by atoms with E-state index in [1.807, 2.05) is 30.3 Å². The highest BCUT2D eigenvalue weighted by atomic mass is 32.2. The van der Waals surface area contributed by atoms with Crippen LogP contribution in [0.25, 0.3) is 0 Å². The van der Waals surface area contributed by atoms with Crippen LogP contribution in [0, 0.1) is 0 Å². The first-order chi connectivity index (χ1) is 14.2. The Balaban J connectivity index is 1.35. The van der Waals surface area contributed by atoms with E-state index in [9.17, 15) is 9.59 Å². The molecule has 0 saturated heterocycles. The molecular weight excluding hydrogens is 390 g/mol. The summed E-state index contributed by atoms with van der Waals surface area (Å²) in [6, 6.07) is 16.5. The van der Waals surface area contributed by atoms with Gasteiger partial charge in [0.15, 0.2) is 5.17 Å². The maximum Gasteiger partial charge on any atom is 0.276 e. The van der Waals surface area contributed by atoms with Gasteiger partial charge in [0.2, 0.25) is 12.1 Å². The number of amidine groups is 1. The molecule has 0 bridgehead atoms. The molecule has 2 aromatic rings. The number of hydrazone groups is 1. The molecule has 1 unspecified atom stereocenters. The molecule has 29 heavy (non-hydrogen) atoms. The second-order valence-corrected chi connectivity index (χ2v) is 7.18. The molecule has 1 atom stereocenters. The van der Waals surface area contributed by atoms with E-state index in [1.54, 1.807) is 53.6 Å². The number of carbonyl (C=O) groups excluding carboxylic acids is 2. The summed E-state index contributed by atoms with van der Waals surface area (Å²) in [4.78, 5) is 28.3. The van der Waals surface area contributed by atoms with Gasteiger partial charge in [-0.15, -0.1) is 0 Å². The zero-order valence-electron chi connectivity index (χ0n) is 15.6. The summed E-state index contributed by atoms with van der Waals surface area (Å²) >= 11 is 1.26. The highest BCUT2D eigenvalue weighted by Crippen LogP contribution is 2.25. The molecule has 0 spiro atoms. The van der Waals surface area contributed by atoms with Crippen molar-refractivity contribution in [3.05, 3.63) is 67.0 Å². The number of ether oxygens (including phenoxy) is 1. The lowest BCUT2D eigenvalue weighted by atomic mass is 10.2. The van der Waals surface area contributed by atoms with Gasteiger partial charge in [-0.1, -0.05) is 30.0 Å². The summed E-state index contributed by atoms with van der Waals surface area (Å²) in [7, 11) is 1.59. The van der Waals surface area contributed by atoms with Crippen LogP contribution < -0.4 is 20.4 Å². The molecule has 0 aliphatic carbocycles. The summed E-state index contributed by atoms with van der Waals surface area (Å²) in [6.45, 7) is 0. The van der Waals surface area contributed by atoms with Crippen LogP contribution >= 0.6 is 11.8 Å². The third kappa shape index (κ3) is 4.04. The zero-order chi connectivity index (χ0) is 20.2. The molecule has 4 rings (SSSR count). The maximum absolute atomic E-state index is 12.8. The molecule has 2 aliphatic rings. The van der Waals surface area contributed by atoms with E-state index in [4.69, 9.17) is 4.74 Å². The fourth-order valence-corrected chi connectivity index (χ4v) is 3.69. The van der Waals surface area contributed by atoms with Crippen molar-refractivity contribution in [3.63, 3.8) is 0 Å². The zero-order valence-corrected chi connectivity index (χ0v) is 16.4. The van der Waals surface area contributed by atoms with Crippen LogP contribution in [0.1, 0.15) is 0 Å². The lowest BCUT2D eigenvalue weighted by Crippen LogP contribution is -2.52. The van der Waals surface area contributed by atoms with E-state index < -0.39 is 6.17 Å². The molecule has 8 nitrogen and oxygen atoms in total. The van der Waals surface area contributed by atoms with Crippen molar-refractivity contribution in [2.75, 3.05) is 23.1 Å². The van der Waals surface area contributed by atoms with Crippen molar-refractivity contribution < 1.29 is 14.3 Å². The fraction of sp³-hybridized carbons (Fsp3) is 0.150. The number of amides is 2. The second kappa shape index (κ2) is 8.27. The molecule has 2 aromatic carbocycles. The van der Waals surface area contributed by atoms with Crippen molar-refractivity contribution in [1.29, 1.82) is 0 Å². The maximum atomic E-state index is 12.8. The van der Waals surface area contributed by atoms with Gasteiger partial charge in [0.05, 0.1) is 12.9 Å². The molecule has 148 valence electrons. The summed E-state index contributed by atoms with van der Waals surface area (Å²) < 4.78 is 5.10. The Morgan fingerprint density at radius 2 is 1.93 bits per heavy atom. The minimum Gasteiger partial charge on any atom is -0.497 e. The van der Waals surface area contributed by atoms with Gasteiger partial charge in [-0.2, -0.15) is 5.10 Å². The first-order valence-corrected chi connectivity index (χ1v) is 9.89. The van der Waals surface area contributed by atoms with Gasteiger partial charge >= 0.3 is 0 Å². The van der Waals surface area contributed by atoms with E-state index in [2.05, 4.69) is 15.8 Å². The Kier molecular flexibility index (Phi) is 5.39. The topological polar surface area (TPSA) is 86.3 Å². The average Bonchev–Trinajstić information content (AvgIpc) is 3.18. The van der Waals surface area contributed by atoms with E-state index in [0.717, 1.165) is 11.4 Å². The van der Waals surface area contributed by atoms with E-state index in [1.165, 1.54) is 11.8 Å². The van der Waals surface area contributed by atoms with Crippen molar-refractivity contribution in [2.45, 2.75) is 6.17 Å². The van der Waals surface area contributed by atoms with Crippen LogP contribution in [0.5, 0.6) is 5.75 Å². The monoisotopic (exact) mass is 409 g/mol. The third-order valence-electron chi connectivity index (χ3n) is 4.37. The van der Waals surface area contributed by atoms with Crippen LogP contribution in [-0.4, -0.2) is 40.9 Å². The van der Waals surface area contributed by atoms with Crippen molar-refractivity contribution in [3.8, 4) is 5.75 Å². The van der Waals surface area contributed by atoms with Gasteiger partial charge in [-0.25, -0.2) is 0 Å². The summed E-state index contributed by atoms with van der Waals surface area (Å²) in [5, 5.41) is 7.61. The van der Waals surface area contributed by atoms with Crippen molar-refractivity contribution in [2.24, 2.45) is 5.10 Å². The predicted octanol–water partition coefficient (Wildman–Crippen LogP) is 2.39. The first-order valence-electron chi connectivity index (χ1n) is 8.90. The van der Waals surface area contributed by atoms with Crippen LogP contribution in [0.3, 0.4) is 0 Å². The smallest absolute Gasteiger partial charge is 0.276 e. The molecule has 2 aliphatic heterocycles. The van der Waals surface area contributed by atoms with Crippen molar-refractivity contribution >= 4 is 40.1 Å². The highest BCUT2D eigenvalue weighted by molar-refractivity contribution is 8.14.